The molecule has 3 rings (SSSR count). The molecule has 0 aliphatic carbocycles. The van der Waals surface area contributed by atoms with Gasteiger partial charge in [0.25, 0.3) is 0 Å². The fourth-order valence-electron chi connectivity index (χ4n) is 3.77. The summed E-state index contributed by atoms with van der Waals surface area (Å²) in [6.07, 6.45) is 3.89. The maximum atomic E-state index is 12.5. The number of carbonyl (C=O) groups is 2. The Bertz CT molecular complexity index is 614. The van der Waals surface area contributed by atoms with Crippen molar-refractivity contribution in [2.45, 2.75) is 45.1 Å². The summed E-state index contributed by atoms with van der Waals surface area (Å²) >= 11 is 0. The molecule has 5 heteroatoms. The maximum Gasteiger partial charge on any atom is 0.227 e. The van der Waals surface area contributed by atoms with Crippen LogP contribution in [0.15, 0.2) is 24.3 Å². The van der Waals surface area contributed by atoms with E-state index in [2.05, 4.69) is 5.32 Å². The number of benzene rings is 1. The van der Waals surface area contributed by atoms with Gasteiger partial charge in [-0.15, -0.1) is 0 Å². The van der Waals surface area contributed by atoms with Crippen molar-refractivity contribution in [2.24, 2.45) is 17.6 Å². The lowest BCUT2D eigenvalue weighted by Gasteiger charge is -2.35. The van der Waals surface area contributed by atoms with Crippen LogP contribution in [-0.4, -0.2) is 35.8 Å². The van der Waals surface area contributed by atoms with Gasteiger partial charge in [-0.3, -0.25) is 9.59 Å². The number of para-hydroxylation sites is 1. The molecule has 2 heterocycles. The molecule has 3 unspecified atom stereocenters. The third-order valence-corrected chi connectivity index (χ3v) is 5.37. The minimum Gasteiger partial charge on any atom is -0.342 e. The van der Waals surface area contributed by atoms with Crippen LogP contribution >= 0.6 is 0 Å². The van der Waals surface area contributed by atoms with E-state index in [-0.39, 0.29) is 23.8 Å². The summed E-state index contributed by atoms with van der Waals surface area (Å²) in [4.78, 5) is 26.7. The Balaban J connectivity index is 1.54. The highest BCUT2D eigenvalue weighted by Crippen LogP contribution is 2.28. The highest BCUT2D eigenvalue weighted by atomic mass is 16.2. The Kier molecular flexibility index (Phi) is 5.19. The first-order valence-electron chi connectivity index (χ1n) is 8.96. The molecule has 1 aromatic rings. The quantitative estimate of drug-likeness (QED) is 0.889. The first-order valence-corrected chi connectivity index (χ1v) is 8.96. The number of anilines is 1. The number of hydrogen-bond donors (Lipinski definition) is 2. The highest BCUT2D eigenvalue weighted by molar-refractivity contribution is 5.96. The van der Waals surface area contributed by atoms with E-state index in [9.17, 15) is 9.59 Å². The maximum absolute atomic E-state index is 12.5. The number of carbonyl (C=O) groups excluding carboxylic acids is 2. The van der Waals surface area contributed by atoms with Crippen LogP contribution in [0.4, 0.5) is 5.69 Å². The second kappa shape index (κ2) is 7.34. The van der Waals surface area contributed by atoms with Crippen LogP contribution in [-0.2, 0) is 16.0 Å². The van der Waals surface area contributed by atoms with Crippen LogP contribution in [0.2, 0.25) is 0 Å². The minimum atomic E-state index is -0.113. The number of amides is 2. The molecular weight excluding hydrogens is 302 g/mol. The molecule has 1 fully saturated rings. The smallest absolute Gasteiger partial charge is 0.227 e. The van der Waals surface area contributed by atoms with Crippen molar-refractivity contribution in [1.29, 1.82) is 0 Å². The lowest BCUT2D eigenvalue weighted by atomic mass is 9.89. The van der Waals surface area contributed by atoms with Gasteiger partial charge in [-0.2, -0.15) is 0 Å². The summed E-state index contributed by atoms with van der Waals surface area (Å²) < 4.78 is 0. The van der Waals surface area contributed by atoms with Gasteiger partial charge in [-0.1, -0.05) is 18.2 Å². The fourth-order valence-corrected chi connectivity index (χ4v) is 3.77. The van der Waals surface area contributed by atoms with Crippen LogP contribution in [0, 0.1) is 11.8 Å². The zero-order chi connectivity index (χ0) is 17.1. The van der Waals surface area contributed by atoms with Gasteiger partial charge in [0, 0.05) is 37.2 Å². The average molecular weight is 329 g/mol. The lowest BCUT2D eigenvalue weighted by molar-refractivity contribution is -0.133. The average Bonchev–Trinajstić information content (AvgIpc) is 2.59. The predicted octanol–water partition coefficient (Wildman–Crippen LogP) is 2.16. The number of nitrogens with two attached hydrogens (primary N) is 1. The van der Waals surface area contributed by atoms with E-state index in [1.54, 1.807) is 0 Å². The SMILES string of the molecule is CC(N)C1CCCN(C(=O)CCC2Cc3ccccc3NC2=O)C1. The van der Waals surface area contributed by atoms with Gasteiger partial charge in [-0.05, 0) is 50.2 Å². The van der Waals surface area contributed by atoms with E-state index in [1.165, 1.54) is 0 Å². The second-order valence-electron chi connectivity index (χ2n) is 7.19. The number of nitrogens with one attached hydrogen (secondary N) is 1. The number of fused-ring (bicyclic) bond motifs is 1. The number of piperidine rings is 1. The van der Waals surface area contributed by atoms with E-state index in [4.69, 9.17) is 5.73 Å². The number of hydrogen-bond acceptors (Lipinski definition) is 3. The molecule has 0 spiro atoms. The van der Waals surface area contributed by atoms with E-state index in [0.29, 0.717) is 18.8 Å². The molecule has 1 aromatic carbocycles. The van der Waals surface area contributed by atoms with Gasteiger partial charge >= 0.3 is 0 Å². The van der Waals surface area contributed by atoms with Crippen LogP contribution in [0.5, 0.6) is 0 Å². The molecule has 3 N–H and O–H groups in total. The van der Waals surface area contributed by atoms with Crippen molar-refractivity contribution in [1.82, 2.24) is 4.90 Å². The van der Waals surface area contributed by atoms with Crippen molar-refractivity contribution in [3.63, 3.8) is 0 Å². The normalized spacial score (nSPS) is 24.9. The molecule has 2 aliphatic heterocycles. The highest BCUT2D eigenvalue weighted by Gasteiger charge is 2.29. The minimum absolute atomic E-state index is 0.0357. The Hall–Kier alpha value is -1.88. The largest absolute Gasteiger partial charge is 0.342 e. The summed E-state index contributed by atoms with van der Waals surface area (Å²) in [5, 5.41) is 2.95. The van der Waals surface area contributed by atoms with Gasteiger partial charge in [-0.25, -0.2) is 0 Å². The summed E-state index contributed by atoms with van der Waals surface area (Å²) in [5.41, 5.74) is 8.05. The monoisotopic (exact) mass is 329 g/mol. The topological polar surface area (TPSA) is 75.4 Å². The van der Waals surface area contributed by atoms with Crippen molar-refractivity contribution in [3.05, 3.63) is 29.8 Å². The van der Waals surface area contributed by atoms with Gasteiger partial charge in [0.05, 0.1) is 0 Å². The molecule has 3 atom stereocenters. The first kappa shape index (κ1) is 17.0. The van der Waals surface area contributed by atoms with Crippen LogP contribution < -0.4 is 11.1 Å². The summed E-state index contributed by atoms with van der Waals surface area (Å²) in [5.74, 6) is 0.478. The Morgan fingerprint density at radius 2 is 2.21 bits per heavy atom. The number of rotatable bonds is 4. The van der Waals surface area contributed by atoms with Gasteiger partial charge < -0.3 is 16.0 Å². The third kappa shape index (κ3) is 3.78. The van der Waals surface area contributed by atoms with Gasteiger partial charge in [0.2, 0.25) is 11.8 Å². The standard InChI is InChI=1S/C19H27N3O2/c1-13(20)16-6-4-10-22(12-16)18(23)9-8-15-11-14-5-2-3-7-17(14)21-19(15)24/h2-3,5,7,13,15-16H,4,6,8-12,20H2,1H3,(H,21,24). The molecule has 0 bridgehead atoms. The summed E-state index contributed by atoms with van der Waals surface area (Å²) in [7, 11) is 0. The molecule has 0 radical (unpaired) electrons. The van der Waals surface area contributed by atoms with Gasteiger partial charge in [0.1, 0.15) is 0 Å². The first-order chi connectivity index (χ1) is 11.5. The zero-order valence-corrected chi connectivity index (χ0v) is 14.3. The second-order valence-corrected chi connectivity index (χ2v) is 7.19. The Morgan fingerprint density at radius 1 is 1.42 bits per heavy atom. The molecule has 1 saturated heterocycles. The predicted molar refractivity (Wildman–Crippen MR) is 94.5 cm³/mol. The molecule has 2 amide bonds. The van der Waals surface area contributed by atoms with Crippen molar-refractivity contribution < 1.29 is 9.59 Å². The van der Waals surface area contributed by atoms with E-state index in [0.717, 1.165) is 43.6 Å². The fraction of sp³-hybridized carbons (Fsp3) is 0.579. The molecule has 2 aliphatic rings. The van der Waals surface area contributed by atoms with Crippen LogP contribution in [0.25, 0.3) is 0 Å². The molecule has 5 nitrogen and oxygen atoms in total. The summed E-state index contributed by atoms with van der Waals surface area (Å²) in [6, 6.07) is 8.01. The zero-order valence-electron chi connectivity index (χ0n) is 14.3. The number of likely N-dealkylation sites (tertiary alicyclic amines) is 1. The molecule has 24 heavy (non-hydrogen) atoms. The van der Waals surface area contributed by atoms with E-state index in [1.807, 2.05) is 36.1 Å². The number of nitrogens with zero attached hydrogens (tertiary/aromatic N) is 1. The molecule has 130 valence electrons. The molecule has 0 saturated carbocycles. The Labute approximate surface area is 143 Å². The van der Waals surface area contributed by atoms with E-state index < -0.39 is 0 Å². The van der Waals surface area contributed by atoms with Crippen molar-refractivity contribution in [2.75, 3.05) is 18.4 Å². The van der Waals surface area contributed by atoms with Crippen molar-refractivity contribution >= 4 is 17.5 Å². The molecule has 0 aromatic heterocycles. The molecular formula is C19H27N3O2. The third-order valence-electron chi connectivity index (χ3n) is 5.37. The summed E-state index contributed by atoms with van der Waals surface area (Å²) in [6.45, 7) is 3.60. The van der Waals surface area contributed by atoms with Gasteiger partial charge in [0.15, 0.2) is 0 Å². The van der Waals surface area contributed by atoms with Crippen LogP contribution in [0.1, 0.15) is 38.2 Å². The van der Waals surface area contributed by atoms with Crippen LogP contribution in [0.3, 0.4) is 0 Å². The lowest BCUT2D eigenvalue weighted by Crippen LogP contribution is -2.45. The van der Waals surface area contributed by atoms with Crippen molar-refractivity contribution in [3.8, 4) is 0 Å². The van der Waals surface area contributed by atoms with E-state index >= 15 is 0 Å². The Morgan fingerprint density at radius 3 is 3.00 bits per heavy atom.